The second-order valence-corrected chi connectivity index (χ2v) is 3.84. The summed E-state index contributed by atoms with van der Waals surface area (Å²) in [6.07, 6.45) is 1.53. The molecular weight excluding hydrogens is 222 g/mol. The first kappa shape index (κ1) is 11.4. The monoisotopic (exact) mass is 235 g/mol. The minimum absolute atomic E-state index is 0.113. The van der Waals surface area contributed by atoms with Gasteiger partial charge in [0.2, 0.25) is 5.91 Å². The zero-order valence-electron chi connectivity index (χ0n) is 9.38. The van der Waals surface area contributed by atoms with Gasteiger partial charge in [0.05, 0.1) is 0 Å². The van der Waals surface area contributed by atoms with Crippen molar-refractivity contribution in [2.45, 2.75) is 13.0 Å². The number of piperazine rings is 1. The van der Waals surface area contributed by atoms with E-state index in [0.29, 0.717) is 18.9 Å². The van der Waals surface area contributed by atoms with E-state index in [1.165, 1.54) is 12.3 Å². The van der Waals surface area contributed by atoms with Crippen molar-refractivity contribution in [1.29, 1.82) is 0 Å². The predicted octanol–water partition coefficient (Wildman–Crippen LogP) is 0.104. The summed E-state index contributed by atoms with van der Waals surface area (Å²) in [6, 6.07) is 2.66. The van der Waals surface area contributed by atoms with Gasteiger partial charge in [-0.15, -0.1) is 0 Å². The number of amides is 1. The van der Waals surface area contributed by atoms with Gasteiger partial charge >= 0.3 is 5.97 Å². The van der Waals surface area contributed by atoms with Crippen molar-refractivity contribution in [2.75, 3.05) is 18.0 Å². The molecule has 1 aromatic rings. The Balaban J connectivity index is 2.39. The fourth-order valence-corrected chi connectivity index (χ4v) is 1.86. The number of carboxylic acids is 1. The van der Waals surface area contributed by atoms with Crippen LogP contribution in [-0.2, 0) is 4.79 Å². The number of hydrogen-bond acceptors (Lipinski definition) is 4. The average Bonchev–Trinajstić information content (AvgIpc) is 2.33. The molecular formula is C11H13N3O3. The molecule has 0 saturated carbocycles. The molecule has 2 rings (SSSR count). The third-order valence-corrected chi connectivity index (χ3v) is 2.79. The maximum atomic E-state index is 11.5. The second-order valence-electron chi connectivity index (χ2n) is 3.84. The molecule has 0 spiro atoms. The molecule has 0 radical (unpaired) electrons. The molecule has 0 bridgehead atoms. The molecule has 1 fully saturated rings. The fourth-order valence-electron chi connectivity index (χ4n) is 1.86. The number of pyridine rings is 1. The van der Waals surface area contributed by atoms with Crippen LogP contribution in [0.1, 0.15) is 17.3 Å². The molecule has 2 N–H and O–H groups in total. The Morgan fingerprint density at radius 3 is 3.12 bits per heavy atom. The first-order chi connectivity index (χ1) is 8.11. The van der Waals surface area contributed by atoms with Crippen LogP contribution in [0.4, 0.5) is 5.82 Å². The highest BCUT2D eigenvalue weighted by atomic mass is 16.4. The molecule has 17 heavy (non-hydrogen) atoms. The van der Waals surface area contributed by atoms with Gasteiger partial charge in [-0.3, -0.25) is 4.79 Å². The van der Waals surface area contributed by atoms with Crippen LogP contribution in [0.3, 0.4) is 0 Å². The van der Waals surface area contributed by atoms with E-state index in [2.05, 4.69) is 10.3 Å². The molecule has 1 aromatic heterocycles. The third-order valence-electron chi connectivity index (χ3n) is 2.79. The lowest BCUT2D eigenvalue weighted by molar-refractivity contribution is -0.122. The lowest BCUT2D eigenvalue weighted by Gasteiger charge is -2.34. The van der Waals surface area contributed by atoms with Crippen LogP contribution in [0, 0.1) is 0 Å². The van der Waals surface area contributed by atoms with E-state index in [0.717, 1.165) is 0 Å². The van der Waals surface area contributed by atoms with Gasteiger partial charge in [-0.2, -0.15) is 0 Å². The molecule has 1 atom stereocenters. The van der Waals surface area contributed by atoms with Crippen LogP contribution in [0.2, 0.25) is 0 Å². The van der Waals surface area contributed by atoms with Crippen molar-refractivity contribution in [3.63, 3.8) is 0 Å². The lowest BCUT2D eigenvalue weighted by atomic mass is 10.1. The molecule has 0 aliphatic carbocycles. The molecule has 1 aliphatic heterocycles. The molecule has 1 amide bonds. The predicted molar refractivity (Wildman–Crippen MR) is 61.0 cm³/mol. The third kappa shape index (κ3) is 2.06. The van der Waals surface area contributed by atoms with E-state index in [4.69, 9.17) is 5.11 Å². The first-order valence-electron chi connectivity index (χ1n) is 5.34. The number of nitrogens with one attached hydrogen (secondary N) is 1. The lowest BCUT2D eigenvalue weighted by Crippen LogP contribution is -2.54. The summed E-state index contributed by atoms with van der Waals surface area (Å²) in [7, 11) is 0. The molecule has 2 heterocycles. The highest BCUT2D eigenvalue weighted by Gasteiger charge is 2.29. The van der Waals surface area contributed by atoms with Crippen LogP contribution < -0.4 is 10.2 Å². The van der Waals surface area contributed by atoms with Gasteiger partial charge in [0.25, 0.3) is 0 Å². The SMILES string of the molecule is CC1C(=O)NCCN1c1ncccc1C(=O)O. The van der Waals surface area contributed by atoms with Crippen LogP contribution >= 0.6 is 0 Å². The molecule has 6 nitrogen and oxygen atoms in total. The molecule has 1 saturated heterocycles. The molecule has 1 aliphatic rings. The number of carbonyl (C=O) groups excluding carboxylic acids is 1. The minimum Gasteiger partial charge on any atom is -0.478 e. The van der Waals surface area contributed by atoms with Gasteiger partial charge in [0.15, 0.2) is 0 Å². The fraction of sp³-hybridized carbons (Fsp3) is 0.364. The van der Waals surface area contributed by atoms with Gasteiger partial charge < -0.3 is 15.3 Å². The van der Waals surface area contributed by atoms with Crippen molar-refractivity contribution in [1.82, 2.24) is 10.3 Å². The highest BCUT2D eigenvalue weighted by molar-refractivity contribution is 5.95. The number of aromatic nitrogens is 1. The van der Waals surface area contributed by atoms with Gasteiger partial charge in [-0.1, -0.05) is 0 Å². The van der Waals surface area contributed by atoms with Crippen molar-refractivity contribution < 1.29 is 14.7 Å². The Bertz CT molecular complexity index is 461. The molecule has 90 valence electrons. The summed E-state index contributed by atoms with van der Waals surface area (Å²) in [5.74, 6) is -0.799. The first-order valence-corrected chi connectivity index (χ1v) is 5.34. The summed E-state index contributed by atoms with van der Waals surface area (Å²) in [5.41, 5.74) is 0.119. The standard InChI is InChI=1S/C11H13N3O3/c1-7-10(15)13-5-6-14(7)9-8(11(16)17)3-2-4-12-9/h2-4,7H,5-6H2,1H3,(H,13,15)(H,16,17). The van der Waals surface area contributed by atoms with Gasteiger partial charge in [-0.25, -0.2) is 9.78 Å². The van der Waals surface area contributed by atoms with E-state index in [1.807, 2.05) is 0 Å². The number of carboxylic acid groups (broad SMARTS) is 1. The number of nitrogens with zero attached hydrogens (tertiary/aromatic N) is 2. The van der Waals surface area contributed by atoms with Crippen LogP contribution in [0.5, 0.6) is 0 Å². The Hall–Kier alpha value is -2.11. The quantitative estimate of drug-likeness (QED) is 0.760. The summed E-state index contributed by atoms with van der Waals surface area (Å²) in [5, 5.41) is 11.8. The summed E-state index contributed by atoms with van der Waals surface area (Å²) < 4.78 is 0. The van der Waals surface area contributed by atoms with E-state index in [-0.39, 0.29) is 11.5 Å². The molecule has 0 aromatic carbocycles. The summed E-state index contributed by atoms with van der Waals surface area (Å²) in [6.45, 7) is 2.79. The van der Waals surface area contributed by atoms with Gasteiger partial charge in [0, 0.05) is 19.3 Å². The Morgan fingerprint density at radius 1 is 1.65 bits per heavy atom. The summed E-state index contributed by atoms with van der Waals surface area (Å²) in [4.78, 5) is 28.4. The number of carbonyl (C=O) groups is 2. The van der Waals surface area contributed by atoms with E-state index in [1.54, 1.807) is 17.9 Å². The average molecular weight is 235 g/mol. The molecule has 1 unspecified atom stereocenters. The van der Waals surface area contributed by atoms with Crippen molar-refractivity contribution >= 4 is 17.7 Å². The Kier molecular flexibility index (Phi) is 2.95. The normalized spacial score (nSPS) is 19.9. The van der Waals surface area contributed by atoms with Crippen LogP contribution in [0.25, 0.3) is 0 Å². The summed E-state index contributed by atoms with van der Waals surface area (Å²) >= 11 is 0. The highest BCUT2D eigenvalue weighted by Crippen LogP contribution is 2.20. The number of aromatic carboxylic acids is 1. The van der Waals surface area contributed by atoms with Crippen molar-refractivity contribution in [3.8, 4) is 0 Å². The van der Waals surface area contributed by atoms with E-state index in [9.17, 15) is 9.59 Å². The zero-order valence-corrected chi connectivity index (χ0v) is 9.38. The van der Waals surface area contributed by atoms with Crippen molar-refractivity contribution in [3.05, 3.63) is 23.9 Å². The zero-order chi connectivity index (χ0) is 12.4. The smallest absolute Gasteiger partial charge is 0.339 e. The Labute approximate surface area is 98.3 Å². The number of rotatable bonds is 2. The number of hydrogen-bond donors (Lipinski definition) is 2. The minimum atomic E-state index is -1.04. The van der Waals surface area contributed by atoms with E-state index < -0.39 is 12.0 Å². The van der Waals surface area contributed by atoms with Gasteiger partial charge in [0.1, 0.15) is 17.4 Å². The maximum absolute atomic E-state index is 11.5. The van der Waals surface area contributed by atoms with Gasteiger partial charge in [-0.05, 0) is 19.1 Å². The Morgan fingerprint density at radius 2 is 2.41 bits per heavy atom. The topological polar surface area (TPSA) is 82.5 Å². The molecule has 6 heteroatoms. The maximum Gasteiger partial charge on any atom is 0.339 e. The largest absolute Gasteiger partial charge is 0.478 e. The van der Waals surface area contributed by atoms with Crippen LogP contribution in [-0.4, -0.2) is 41.1 Å². The number of anilines is 1. The van der Waals surface area contributed by atoms with Crippen LogP contribution in [0.15, 0.2) is 18.3 Å². The van der Waals surface area contributed by atoms with Crippen molar-refractivity contribution in [2.24, 2.45) is 0 Å². The second kappa shape index (κ2) is 4.40. The van der Waals surface area contributed by atoms with E-state index >= 15 is 0 Å².